The van der Waals surface area contributed by atoms with Gasteiger partial charge in [-0.2, -0.15) is 0 Å². The highest BCUT2D eigenvalue weighted by Crippen LogP contribution is 2.46. The highest BCUT2D eigenvalue weighted by molar-refractivity contribution is 6.31. The van der Waals surface area contributed by atoms with Crippen molar-refractivity contribution >= 4 is 17.8 Å². The summed E-state index contributed by atoms with van der Waals surface area (Å²) in [6.07, 6.45) is -1.45. The fourth-order valence-electron chi connectivity index (χ4n) is 4.24. The molecule has 172 valence electrons. The molecule has 0 radical (unpaired) electrons. The summed E-state index contributed by atoms with van der Waals surface area (Å²) in [7, 11) is 1.54. The topological polar surface area (TPSA) is 112 Å². The van der Waals surface area contributed by atoms with Crippen molar-refractivity contribution in [2.45, 2.75) is 55.2 Å². The van der Waals surface area contributed by atoms with E-state index in [1.54, 1.807) is 12.1 Å². The Morgan fingerprint density at radius 2 is 1.81 bits per heavy atom. The van der Waals surface area contributed by atoms with Crippen LogP contribution in [0.3, 0.4) is 0 Å². The van der Waals surface area contributed by atoms with Gasteiger partial charge < -0.3 is 30.0 Å². The molecule has 0 spiro atoms. The van der Waals surface area contributed by atoms with E-state index in [1.807, 2.05) is 12.3 Å². The van der Waals surface area contributed by atoms with Crippen molar-refractivity contribution in [2.75, 3.05) is 13.7 Å². The van der Waals surface area contributed by atoms with Crippen LogP contribution in [0.1, 0.15) is 41.2 Å². The number of aliphatic hydroxyl groups excluding tert-OH is 4. The van der Waals surface area contributed by atoms with Gasteiger partial charge in [-0.15, -0.1) is 0 Å². The minimum absolute atomic E-state index is 0.0325. The predicted octanol–water partition coefficient (Wildman–Crippen LogP) is 2.11. The molecule has 0 aromatic heterocycles. The van der Waals surface area contributed by atoms with Crippen LogP contribution in [0.2, 0.25) is 5.02 Å². The van der Waals surface area contributed by atoms with Gasteiger partial charge in [0.2, 0.25) is 0 Å². The number of halogens is 1. The summed E-state index contributed by atoms with van der Waals surface area (Å²) in [6.45, 7) is -0.467. The summed E-state index contributed by atoms with van der Waals surface area (Å²) in [5.41, 5.74) is 3.70. The average molecular weight is 462 g/mol. The molecule has 2 aliphatic rings. The molecule has 1 aliphatic heterocycles. The van der Waals surface area contributed by atoms with Crippen LogP contribution in [0.4, 0.5) is 0 Å². The first-order valence-corrected chi connectivity index (χ1v) is 11.0. The van der Waals surface area contributed by atoms with E-state index in [0.717, 1.165) is 24.0 Å². The van der Waals surface area contributed by atoms with Crippen molar-refractivity contribution in [3.63, 3.8) is 0 Å². The summed E-state index contributed by atoms with van der Waals surface area (Å²) in [5, 5.41) is 44.5. The Labute approximate surface area is 191 Å². The second-order valence-corrected chi connectivity index (χ2v) is 8.95. The zero-order valence-electron chi connectivity index (χ0n) is 17.8. The summed E-state index contributed by atoms with van der Waals surface area (Å²) in [5.74, 6) is 0. The summed E-state index contributed by atoms with van der Waals surface area (Å²) in [4.78, 5) is 4.83. The zero-order chi connectivity index (χ0) is 22.9. The van der Waals surface area contributed by atoms with Crippen LogP contribution in [0.15, 0.2) is 47.6 Å². The Balaban J connectivity index is 1.53. The Morgan fingerprint density at radius 3 is 2.44 bits per heavy atom. The molecule has 1 saturated carbocycles. The van der Waals surface area contributed by atoms with Crippen LogP contribution < -0.4 is 0 Å². The normalized spacial score (nSPS) is 29.2. The fraction of sp³-hybridized carbons (Fsp3) is 0.458. The number of nitrogens with zero attached hydrogens (tertiary/aromatic N) is 1. The number of ether oxygens (including phenoxy) is 1. The Hall–Kier alpha value is -2.00. The number of benzene rings is 2. The SMILES string of the molecule is CON=CC1(c2ccc(Cc3cc([C@@H]4O[C@H](CO)[C@@H](O)[C@H](O)[C@H]4O)ccc3Cl)cc2)CC1. The predicted molar refractivity (Wildman–Crippen MR) is 120 cm³/mol. The number of aliphatic hydroxyl groups is 4. The highest BCUT2D eigenvalue weighted by Gasteiger charge is 2.44. The number of hydrogen-bond acceptors (Lipinski definition) is 7. The second-order valence-electron chi connectivity index (χ2n) is 8.55. The Bertz CT molecular complexity index is 959. The molecule has 2 aromatic rings. The van der Waals surface area contributed by atoms with E-state index < -0.39 is 37.1 Å². The van der Waals surface area contributed by atoms with E-state index in [1.165, 1.54) is 12.7 Å². The molecule has 7 nitrogen and oxygen atoms in total. The first-order valence-electron chi connectivity index (χ1n) is 10.6. The van der Waals surface area contributed by atoms with Crippen molar-refractivity contribution < 1.29 is 30.0 Å². The third kappa shape index (κ3) is 4.55. The van der Waals surface area contributed by atoms with Gasteiger partial charge in [-0.3, -0.25) is 0 Å². The minimum Gasteiger partial charge on any atom is -0.399 e. The van der Waals surface area contributed by atoms with Crippen LogP contribution in [0, 0.1) is 0 Å². The maximum Gasteiger partial charge on any atom is 0.113 e. The lowest BCUT2D eigenvalue weighted by Crippen LogP contribution is -2.55. The van der Waals surface area contributed by atoms with Crippen molar-refractivity contribution in [1.29, 1.82) is 0 Å². The first kappa shape index (κ1) is 23.2. The van der Waals surface area contributed by atoms with E-state index in [-0.39, 0.29) is 5.41 Å². The van der Waals surface area contributed by atoms with E-state index >= 15 is 0 Å². The molecule has 1 heterocycles. The standard InChI is InChI=1S/C24H28ClNO6/c1-31-26-13-24(8-9-24)17-5-2-14(3-6-17)10-16-11-15(4-7-18(16)25)23-22(30)21(29)20(28)19(12-27)32-23/h2-7,11,13,19-23,27-30H,8-10,12H2,1H3/t19-,20-,21+,22-,23+/m1/s1. The van der Waals surface area contributed by atoms with Gasteiger partial charge in [-0.1, -0.05) is 53.2 Å². The summed E-state index contributed by atoms with van der Waals surface area (Å²) >= 11 is 6.44. The van der Waals surface area contributed by atoms with Crippen LogP contribution >= 0.6 is 11.6 Å². The Kier molecular flexibility index (Phi) is 6.86. The molecular weight excluding hydrogens is 434 g/mol. The third-order valence-electron chi connectivity index (χ3n) is 6.41. The molecule has 1 aliphatic carbocycles. The smallest absolute Gasteiger partial charge is 0.113 e. The van der Waals surface area contributed by atoms with Gasteiger partial charge in [0.25, 0.3) is 0 Å². The van der Waals surface area contributed by atoms with Gasteiger partial charge in [-0.25, -0.2) is 0 Å². The van der Waals surface area contributed by atoms with E-state index in [9.17, 15) is 20.4 Å². The molecule has 4 rings (SSSR count). The average Bonchev–Trinajstić information content (AvgIpc) is 3.59. The van der Waals surface area contributed by atoms with Crippen LogP contribution in [-0.2, 0) is 21.4 Å². The van der Waals surface area contributed by atoms with Crippen molar-refractivity contribution in [3.8, 4) is 0 Å². The Morgan fingerprint density at radius 1 is 1.09 bits per heavy atom. The van der Waals surface area contributed by atoms with Crippen LogP contribution in [0.5, 0.6) is 0 Å². The minimum atomic E-state index is -1.42. The molecule has 0 unspecified atom stereocenters. The van der Waals surface area contributed by atoms with Crippen molar-refractivity contribution in [1.82, 2.24) is 0 Å². The molecule has 0 amide bonds. The molecular formula is C24H28ClNO6. The number of rotatable bonds is 7. The maximum atomic E-state index is 10.4. The lowest BCUT2D eigenvalue weighted by atomic mass is 9.90. The second kappa shape index (κ2) is 9.47. The molecule has 5 atom stereocenters. The fourth-order valence-corrected chi connectivity index (χ4v) is 4.42. The lowest BCUT2D eigenvalue weighted by molar-refractivity contribution is -0.231. The molecule has 2 aromatic carbocycles. The molecule has 2 fully saturated rings. The van der Waals surface area contributed by atoms with Crippen molar-refractivity contribution in [3.05, 3.63) is 69.7 Å². The summed E-state index contributed by atoms with van der Waals surface area (Å²) in [6, 6.07) is 13.6. The molecule has 8 heteroatoms. The third-order valence-corrected chi connectivity index (χ3v) is 6.78. The number of oxime groups is 1. The zero-order valence-corrected chi connectivity index (χ0v) is 18.5. The largest absolute Gasteiger partial charge is 0.399 e. The van der Waals surface area contributed by atoms with Gasteiger partial charge in [0, 0.05) is 10.4 Å². The molecule has 1 saturated heterocycles. The maximum absolute atomic E-state index is 10.4. The highest BCUT2D eigenvalue weighted by atomic mass is 35.5. The summed E-state index contributed by atoms with van der Waals surface area (Å²) < 4.78 is 5.68. The van der Waals surface area contributed by atoms with Gasteiger partial charge >= 0.3 is 0 Å². The van der Waals surface area contributed by atoms with E-state index in [4.69, 9.17) is 21.2 Å². The van der Waals surface area contributed by atoms with Gasteiger partial charge in [0.15, 0.2) is 0 Å². The quantitative estimate of drug-likeness (QED) is 0.371. The van der Waals surface area contributed by atoms with Gasteiger partial charge in [-0.05, 0) is 47.6 Å². The number of hydrogen-bond donors (Lipinski definition) is 4. The molecule has 0 bridgehead atoms. The van der Waals surface area contributed by atoms with Gasteiger partial charge in [0.05, 0.1) is 12.8 Å². The van der Waals surface area contributed by atoms with Crippen LogP contribution in [0.25, 0.3) is 0 Å². The van der Waals surface area contributed by atoms with Crippen molar-refractivity contribution in [2.24, 2.45) is 5.16 Å². The monoisotopic (exact) mass is 461 g/mol. The van der Waals surface area contributed by atoms with E-state index in [2.05, 4.69) is 29.4 Å². The lowest BCUT2D eigenvalue weighted by Gasteiger charge is -2.40. The molecule has 32 heavy (non-hydrogen) atoms. The van der Waals surface area contributed by atoms with Gasteiger partial charge in [0.1, 0.15) is 37.6 Å². The van der Waals surface area contributed by atoms with E-state index in [0.29, 0.717) is 17.0 Å². The molecule has 4 N–H and O–H groups in total. The first-order chi connectivity index (χ1) is 15.4. The van der Waals surface area contributed by atoms with Crippen LogP contribution in [-0.4, -0.2) is 64.8 Å².